The molecule has 6 nitrogen and oxygen atoms in total. The highest BCUT2D eigenvalue weighted by Crippen LogP contribution is 2.28. The number of aromatic nitrogens is 1. The first-order valence-electron chi connectivity index (χ1n) is 8.93. The SMILES string of the molecule is COc1cc(S(=O)(=O)N2CCC(F)CC2)cnc1NCCCCC(C)(F)F. The second-order valence-corrected chi connectivity index (χ2v) is 8.69. The van der Waals surface area contributed by atoms with Crippen LogP contribution in [0.4, 0.5) is 19.0 Å². The molecular formula is C17H26F3N3O3S. The van der Waals surface area contributed by atoms with Crippen LogP contribution in [0.2, 0.25) is 0 Å². The van der Waals surface area contributed by atoms with Crippen molar-refractivity contribution in [2.75, 3.05) is 32.1 Å². The Bertz CT molecular complexity index is 718. The number of nitrogens with one attached hydrogen (secondary N) is 1. The van der Waals surface area contributed by atoms with Crippen molar-refractivity contribution in [3.05, 3.63) is 12.3 Å². The number of nitrogens with zero attached hydrogens (tertiary/aromatic N) is 2. The molecule has 0 bridgehead atoms. The molecule has 0 atom stereocenters. The molecule has 0 aliphatic carbocycles. The van der Waals surface area contributed by atoms with Gasteiger partial charge in [-0.25, -0.2) is 26.6 Å². The number of hydrogen-bond acceptors (Lipinski definition) is 5. The van der Waals surface area contributed by atoms with Gasteiger partial charge >= 0.3 is 0 Å². The quantitative estimate of drug-likeness (QED) is 0.633. The smallest absolute Gasteiger partial charge is 0.245 e. The first-order chi connectivity index (χ1) is 12.6. The van der Waals surface area contributed by atoms with E-state index in [4.69, 9.17) is 4.74 Å². The van der Waals surface area contributed by atoms with Gasteiger partial charge in [-0.15, -0.1) is 0 Å². The maximum atomic E-state index is 13.3. The fraction of sp³-hybridized carbons (Fsp3) is 0.706. The van der Waals surface area contributed by atoms with Gasteiger partial charge in [0.05, 0.1) is 7.11 Å². The molecule has 1 saturated heterocycles. The molecule has 1 aliphatic rings. The van der Waals surface area contributed by atoms with Crippen LogP contribution in [-0.2, 0) is 10.0 Å². The monoisotopic (exact) mass is 409 g/mol. The zero-order chi connectivity index (χ0) is 20.1. The van der Waals surface area contributed by atoms with Gasteiger partial charge in [0, 0.05) is 38.3 Å². The molecule has 1 fully saturated rings. The number of pyridine rings is 1. The first kappa shape index (κ1) is 21.7. The van der Waals surface area contributed by atoms with Crippen LogP contribution in [0.3, 0.4) is 0 Å². The van der Waals surface area contributed by atoms with Gasteiger partial charge in [0.15, 0.2) is 11.6 Å². The van der Waals surface area contributed by atoms with Gasteiger partial charge in [-0.3, -0.25) is 0 Å². The Morgan fingerprint density at radius 1 is 1.33 bits per heavy atom. The van der Waals surface area contributed by atoms with Crippen LogP contribution in [0, 0.1) is 0 Å². The lowest BCUT2D eigenvalue weighted by Gasteiger charge is -2.27. The van der Waals surface area contributed by atoms with Gasteiger partial charge in [-0.2, -0.15) is 4.31 Å². The normalized spacial score (nSPS) is 17.1. The van der Waals surface area contributed by atoms with Crippen LogP contribution < -0.4 is 10.1 Å². The number of ether oxygens (including phenoxy) is 1. The van der Waals surface area contributed by atoms with E-state index < -0.39 is 22.1 Å². The zero-order valence-corrected chi connectivity index (χ0v) is 16.4. The molecule has 0 saturated carbocycles. The van der Waals surface area contributed by atoms with Crippen LogP contribution in [-0.4, -0.2) is 56.5 Å². The summed E-state index contributed by atoms with van der Waals surface area (Å²) >= 11 is 0. The number of methoxy groups -OCH3 is 1. The minimum Gasteiger partial charge on any atom is -0.493 e. The molecule has 27 heavy (non-hydrogen) atoms. The average molecular weight is 409 g/mol. The van der Waals surface area contributed by atoms with Gasteiger partial charge in [0.25, 0.3) is 0 Å². The number of anilines is 1. The van der Waals surface area contributed by atoms with Crippen molar-refractivity contribution in [1.82, 2.24) is 9.29 Å². The summed E-state index contributed by atoms with van der Waals surface area (Å²) in [5.41, 5.74) is 0. The third-order valence-electron chi connectivity index (χ3n) is 4.40. The summed E-state index contributed by atoms with van der Waals surface area (Å²) in [6.45, 7) is 1.57. The molecule has 1 aromatic heterocycles. The summed E-state index contributed by atoms with van der Waals surface area (Å²) in [6, 6.07) is 1.37. The minimum atomic E-state index is -3.77. The molecular weight excluding hydrogens is 383 g/mol. The van der Waals surface area contributed by atoms with Gasteiger partial charge in [-0.05, 0) is 32.6 Å². The van der Waals surface area contributed by atoms with Crippen molar-refractivity contribution in [2.45, 2.75) is 56.0 Å². The lowest BCUT2D eigenvalue weighted by Crippen LogP contribution is -2.39. The lowest BCUT2D eigenvalue weighted by molar-refractivity contribution is 0.0107. The maximum absolute atomic E-state index is 13.3. The molecule has 1 aliphatic heterocycles. The molecule has 154 valence electrons. The van der Waals surface area contributed by atoms with Crippen LogP contribution in [0.1, 0.15) is 39.0 Å². The number of alkyl halides is 3. The molecule has 0 radical (unpaired) electrons. The summed E-state index contributed by atoms with van der Waals surface area (Å²) in [5, 5.41) is 2.98. The third kappa shape index (κ3) is 6.24. The number of hydrogen-bond donors (Lipinski definition) is 1. The Labute approximate surface area is 158 Å². The number of halogens is 3. The van der Waals surface area contributed by atoms with Gasteiger partial charge in [0.2, 0.25) is 15.9 Å². The summed E-state index contributed by atoms with van der Waals surface area (Å²) in [7, 11) is -2.37. The van der Waals surface area contributed by atoms with E-state index in [0.717, 1.165) is 6.92 Å². The summed E-state index contributed by atoms with van der Waals surface area (Å²) in [6.07, 6.45) is 1.31. The van der Waals surface area contributed by atoms with E-state index in [1.165, 1.54) is 23.7 Å². The van der Waals surface area contributed by atoms with Crippen molar-refractivity contribution in [3.8, 4) is 5.75 Å². The largest absolute Gasteiger partial charge is 0.493 e. The molecule has 1 N–H and O–H groups in total. The molecule has 0 unspecified atom stereocenters. The molecule has 0 spiro atoms. The van der Waals surface area contributed by atoms with E-state index >= 15 is 0 Å². The van der Waals surface area contributed by atoms with Crippen LogP contribution >= 0.6 is 0 Å². The highest BCUT2D eigenvalue weighted by atomic mass is 32.2. The van der Waals surface area contributed by atoms with Crippen molar-refractivity contribution in [1.29, 1.82) is 0 Å². The fourth-order valence-electron chi connectivity index (χ4n) is 2.84. The predicted octanol–water partition coefficient (Wildman–Crippen LogP) is 3.45. The van der Waals surface area contributed by atoms with E-state index in [2.05, 4.69) is 10.3 Å². The van der Waals surface area contributed by atoms with Crippen LogP contribution in [0.15, 0.2) is 17.2 Å². The van der Waals surface area contributed by atoms with Gasteiger partial charge in [-0.1, -0.05) is 0 Å². The van der Waals surface area contributed by atoms with Crippen LogP contribution in [0.25, 0.3) is 0 Å². The molecule has 0 aromatic carbocycles. The Balaban J connectivity index is 2.00. The average Bonchev–Trinajstić information content (AvgIpc) is 2.60. The maximum Gasteiger partial charge on any atom is 0.245 e. The summed E-state index contributed by atoms with van der Waals surface area (Å²) in [4.78, 5) is 4.09. The highest BCUT2D eigenvalue weighted by Gasteiger charge is 2.30. The summed E-state index contributed by atoms with van der Waals surface area (Å²) < 4.78 is 70.7. The summed E-state index contributed by atoms with van der Waals surface area (Å²) in [5.74, 6) is -2.08. The first-order valence-corrected chi connectivity index (χ1v) is 10.4. The molecule has 2 heterocycles. The lowest BCUT2D eigenvalue weighted by atomic mass is 10.1. The van der Waals surface area contributed by atoms with E-state index in [1.807, 2.05) is 0 Å². The number of unbranched alkanes of at least 4 members (excludes halogenated alkanes) is 1. The second-order valence-electron chi connectivity index (χ2n) is 6.75. The van der Waals surface area contributed by atoms with E-state index in [-0.39, 0.29) is 43.0 Å². The van der Waals surface area contributed by atoms with Crippen molar-refractivity contribution < 1.29 is 26.3 Å². The van der Waals surface area contributed by atoms with E-state index in [9.17, 15) is 21.6 Å². The molecule has 0 amide bonds. The number of piperidine rings is 1. The Hall–Kier alpha value is -1.55. The minimum absolute atomic E-state index is 0.0205. The number of rotatable bonds is 9. The predicted molar refractivity (Wildman–Crippen MR) is 96.6 cm³/mol. The highest BCUT2D eigenvalue weighted by molar-refractivity contribution is 7.89. The molecule has 2 rings (SSSR count). The Morgan fingerprint density at radius 3 is 2.59 bits per heavy atom. The van der Waals surface area contributed by atoms with E-state index in [0.29, 0.717) is 25.2 Å². The van der Waals surface area contributed by atoms with Crippen molar-refractivity contribution in [3.63, 3.8) is 0 Å². The zero-order valence-electron chi connectivity index (χ0n) is 15.6. The second kappa shape index (κ2) is 9.09. The standard InChI is InChI=1S/C17H26F3N3O3S/c1-17(19,20)7-3-4-8-21-16-15(26-2)11-14(12-22-16)27(24,25)23-9-5-13(18)6-10-23/h11-13H,3-10H2,1-2H3,(H,21,22). The molecule has 1 aromatic rings. The Morgan fingerprint density at radius 2 is 2.00 bits per heavy atom. The van der Waals surface area contributed by atoms with Crippen LogP contribution in [0.5, 0.6) is 5.75 Å². The van der Waals surface area contributed by atoms with Gasteiger partial charge < -0.3 is 10.1 Å². The topological polar surface area (TPSA) is 71.5 Å². The van der Waals surface area contributed by atoms with Crippen molar-refractivity contribution in [2.24, 2.45) is 0 Å². The van der Waals surface area contributed by atoms with E-state index in [1.54, 1.807) is 0 Å². The van der Waals surface area contributed by atoms with Gasteiger partial charge in [0.1, 0.15) is 11.1 Å². The van der Waals surface area contributed by atoms with Crippen molar-refractivity contribution >= 4 is 15.8 Å². The fourth-order valence-corrected chi connectivity index (χ4v) is 4.27. The molecule has 10 heteroatoms. The Kier molecular flexibility index (Phi) is 7.32. The third-order valence-corrected chi connectivity index (χ3v) is 6.27. The number of sulfonamides is 1.